The lowest BCUT2D eigenvalue weighted by molar-refractivity contribution is -0.138. The number of carboxylic acid groups (broad SMARTS) is 1. The van der Waals surface area contributed by atoms with E-state index >= 15 is 0 Å². The standard InChI is InChI=1S/C12H14FNO4/c1-6-3-10(13)8(9(5-14)11(15)16)4-7(6)12(17)18-2/h3-4,9H,5,14H2,1-2H3,(H,15,16). The van der Waals surface area contributed by atoms with Gasteiger partial charge in [0.25, 0.3) is 0 Å². The molecule has 0 heterocycles. The van der Waals surface area contributed by atoms with Crippen LogP contribution in [0.1, 0.15) is 27.4 Å². The summed E-state index contributed by atoms with van der Waals surface area (Å²) in [6, 6.07) is 2.29. The summed E-state index contributed by atoms with van der Waals surface area (Å²) in [4.78, 5) is 22.4. The van der Waals surface area contributed by atoms with Gasteiger partial charge in [-0.25, -0.2) is 9.18 Å². The first-order valence-electron chi connectivity index (χ1n) is 5.23. The number of hydrogen-bond acceptors (Lipinski definition) is 4. The van der Waals surface area contributed by atoms with Gasteiger partial charge in [0.05, 0.1) is 18.6 Å². The highest BCUT2D eigenvalue weighted by Crippen LogP contribution is 2.23. The van der Waals surface area contributed by atoms with E-state index in [2.05, 4.69) is 4.74 Å². The van der Waals surface area contributed by atoms with Gasteiger partial charge < -0.3 is 15.6 Å². The van der Waals surface area contributed by atoms with Crippen LogP contribution in [0.5, 0.6) is 0 Å². The normalized spacial score (nSPS) is 12.0. The maximum Gasteiger partial charge on any atom is 0.338 e. The molecule has 1 aromatic carbocycles. The number of benzene rings is 1. The number of rotatable bonds is 4. The summed E-state index contributed by atoms with van der Waals surface area (Å²) >= 11 is 0. The predicted molar refractivity (Wildman–Crippen MR) is 61.9 cm³/mol. The molecule has 0 saturated heterocycles. The summed E-state index contributed by atoms with van der Waals surface area (Å²) in [5, 5.41) is 8.94. The van der Waals surface area contributed by atoms with Gasteiger partial charge in [-0.2, -0.15) is 0 Å². The number of hydrogen-bond donors (Lipinski definition) is 2. The summed E-state index contributed by atoms with van der Waals surface area (Å²) in [6.45, 7) is 1.28. The minimum absolute atomic E-state index is 0.115. The van der Waals surface area contributed by atoms with Gasteiger partial charge in [-0.3, -0.25) is 4.79 Å². The monoisotopic (exact) mass is 255 g/mol. The van der Waals surface area contributed by atoms with Crippen molar-refractivity contribution in [1.29, 1.82) is 0 Å². The van der Waals surface area contributed by atoms with E-state index in [1.54, 1.807) is 0 Å². The average molecular weight is 255 g/mol. The maximum atomic E-state index is 13.7. The molecule has 1 aromatic rings. The predicted octanol–water partition coefficient (Wildman–Crippen LogP) is 1.05. The number of esters is 1. The fourth-order valence-electron chi connectivity index (χ4n) is 1.65. The summed E-state index contributed by atoms with van der Waals surface area (Å²) in [6.07, 6.45) is 0. The number of carbonyl (C=O) groups excluding carboxylic acids is 1. The van der Waals surface area contributed by atoms with Crippen molar-refractivity contribution < 1.29 is 23.8 Å². The van der Waals surface area contributed by atoms with Crippen LogP contribution in [0.4, 0.5) is 4.39 Å². The van der Waals surface area contributed by atoms with Crippen LogP contribution >= 0.6 is 0 Å². The van der Waals surface area contributed by atoms with E-state index in [4.69, 9.17) is 10.8 Å². The first-order valence-corrected chi connectivity index (χ1v) is 5.23. The Bertz CT molecular complexity index is 487. The van der Waals surface area contributed by atoms with Crippen molar-refractivity contribution in [2.24, 2.45) is 5.73 Å². The Morgan fingerprint density at radius 2 is 2.11 bits per heavy atom. The van der Waals surface area contributed by atoms with Gasteiger partial charge in [0.2, 0.25) is 0 Å². The van der Waals surface area contributed by atoms with Crippen molar-refractivity contribution in [3.05, 3.63) is 34.6 Å². The van der Waals surface area contributed by atoms with Crippen LogP contribution in [0.15, 0.2) is 12.1 Å². The first kappa shape index (κ1) is 14.1. The molecule has 1 unspecified atom stereocenters. The fourth-order valence-corrected chi connectivity index (χ4v) is 1.65. The van der Waals surface area contributed by atoms with Crippen molar-refractivity contribution >= 4 is 11.9 Å². The third-order valence-corrected chi connectivity index (χ3v) is 2.66. The zero-order chi connectivity index (χ0) is 13.9. The van der Waals surface area contributed by atoms with Crippen molar-refractivity contribution in [1.82, 2.24) is 0 Å². The minimum atomic E-state index is -1.24. The number of nitrogens with two attached hydrogens (primary N) is 1. The smallest absolute Gasteiger partial charge is 0.338 e. The molecule has 3 N–H and O–H groups in total. The van der Waals surface area contributed by atoms with Crippen molar-refractivity contribution in [2.45, 2.75) is 12.8 Å². The lowest BCUT2D eigenvalue weighted by Crippen LogP contribution is -2.23. The number of carboxylic acids is 1. The van der Waals surface area contributed by atoms with Crippen molar-refractivity contribution in [3.8, 4) is 0 Å². The van der Waals surface area contributed by atoms with Crippen LogP contribution in [-0.2, 0) is 9.53 Å². The Labute approximate surface area is 103 Å². The molecule has 0 aliphatic carbocycles. The molecule has 5 nitrogen and oxygen atoms in total. The number of halogens is 1. The summed E-state index contributed by atoms with van der Waals surface area (Å²) in [5.41, 5.74) is 5.70. The molecule has 98 valence electrons. The topological polar surface area (TPSA) is 89.6 Å². The number of aliphatic carboxylic acids is 1. The van der Waals surface area contributed by atoms with Crippen LogP contribution < -0.4 is 5.73 Å². The molecule has 0 fully saturated rings. The van der Waals surface area contributed by atoms with Gasteiger partial charge in [0.1, 0.15) is 5.82 Å². The molecule has 0 amide bonds. The quantitative estimate of drug-likeness (QED) is 0.785. The van der Waals surface area contributed by atoms with Gasteiger partial charge >= 0.3 is 11.9 Å². The third-order valence-electron chi connectivity index (χ3n) is 2.66. The Hall–Kier alpha value is -1.95. The molecule has 6 heteroatoms. The van der Waals surface area contributed by atoms with Gasteiger partial charge in [-0.15, -0.1) is 0 Å². The Kier molecular flexibility index (Phi) is 4.38. The van der Waals surface area contributed by atoms with Crippen molar-refractivity contribution in [3.63, 3.8) is 0 Å². The highest BCUT2D eigenvalue weighted by atomic mass is 19.1. The lowest BCUT2D eigenvalue weighted by atomic mass is 9.94. The third kappa shape index (κ3) is 2.65. The van der Waals surface area contributed by atoms with E-state index in [1.807, 2.05) is 0 Å². The SMILES string of the molecule is COC(=O)c1cc(C(CN)C(=O)O)c(F)cc1C. The lowest BCUT2D eigenvalue weighted by Gasteiger charge is -2.14. The number of carbonyl (C=O) groups is 2. The second-order valence-corrected chi connectivity index (χ2v) is 3.81. The molecule has 0 radical (unpaired) electrons. The van der Waals surface area contributed by atoms with E-state index in [0.717, 1.165) is 6.07 Å². The number of ether oxygens (including phenoxy) is 1. The number of methoxy groups -OCH3 is 1. The average Bonchev–Trinajstić information content (AvgIpc) is 2.31. The molecule has 18 heavy (non-hydrogen) atoms. The van der Waals surface area contributed by atoms with E-state index in [9.17, 15) is 14.0 Å². The van der Waals surface area contributed by atoms with Gasteiger partial charge in [-0.05, 0) is 24.6 Å². The zero-order valence-electron chi connectivity index (χ0n) is 10.1. The molecule has 0 bridgehead atoms. The Morgan fingerprint density at radius 3 is 2.56 bits per heavy atom. The van der Waals surface area contributed by atoms with E-state index in [1.165, 1.54) is 20.1 Å². The van der Waals surface area contributed by atoms with Crippen LogP contribution in [0.3, 0.4) is 0 Å². The summed E-state index contributed by atoms with van der Waals surface area (Å²) in [7, 11) is 1.20. The second-order valence-electron chi connectivity index (χ2n) is 3.81. The van der Waals surface area contributed by atoms with Gasteiger partial charge in [0.15, 0.2) is 0 Å². The molecule has 0 aliphatic rings. The molecular formula is C12H14FNO4. The second kappa shape index (κ2) is 5.59. The molecular weight excluding hydrogens is 241 g/mol. The van der Waals surface area contributed by atoms with E-state index < -0.39 is 23.7 Å². The molecule has 0 spiro atoms. The van der Waals surface area contributed by atoms with Crippen molar-refractivity contribution in [2.75, 3.05) is 13.7 Å². The van der Waals surface area contributed by atoms with Crippen LogP contribution in [0.2, 0.25) is 0 Å². The highest BCUT2D eigenvalue weighted by molar-refractivity contribution is 5.91. The first-order chi connectivity index (χ1) is 8.42. The van der Waals surface area contributed by atoms with Gasteiger partial charge in [-0.1, -0.05) is 0 Å². The highest BCUT2D eigenvalue weighted by Gasteiger charge is 2.24. The van der Waals surface area contributed by atoms with Crippen LogP contribution in [-0.4, -0.2) is 30.7 Å². The number of aryl methyl sites for hydroxylation is 1. The van der Waals surface area contributed by atoms with E-state index in [-0.39, 0.29) is 17.7 Å². The molecule has 0 aliphatic heterocycles. The Morgan fingerprint density at radius 1 is 1.50 bits per heavy atom. The summed E-state index contributed by atoms with van der Waals surface area (Å²) in [5.74, 6) is -3.77. The largest absolute Gasteiger partial charge is 0.481 e. The molecule has 1 atom stereocenters. The van der Waals surface area contributed by atoms with Crippen LogP contribution in [0.25, 0.3) is 0 Å². The zero-order valence-corrected chi connectivity index (χ0v) is 10.1. The molecule has 1 rings (SSSR count). The minimum Gasteiger partial charge on any atom is -0.481 e. The molecule has 0 saturated carbocycles. The Balaban J connectivity index is 3.36. The van der Waals surface area contributed by atoms with E-state index in [0.29, 0.717) is 5.56 Å². The molecule has 0 aromatic heterocycles. The van der Waals surface area contributed by atoms with Crippen LogP contribution in [0, 0.1) is 12.7 Å². The maximum absolute atomic E-state index is 13.7. The van der Waals surface area contributed by atoms with Gasteiger partial charge in [0, 0.05) is 12.1 Å². The summed E-state index contributed by atoms with van der Waals surface area (Å²) < 4.78 is 18.3. The fraction of sp³-hybridized carbons (Fsp3) is 0.333.